The molecule has 484 valence electrons. The Morgan fingerprint density at radius 3 is 0.776 bits per heavy atom. The summed E-state index contributed by atoms with van der Waals surface area (Å²) in [5.41, 5.74) is 0. The molecule has 0 bridgehead atoms. The van der Waals surface area contributed by atoms with Crippen LogP contribution in [0.1, 0.15) is 328 Å². The molecule has 0 radical (unpaired) electrons. The molecule has 2 unspecified atom stereocenters. The minimum absolute atomic E-state index is 0.0910. The highest BCUT2D eigenvalue weighted by molar-refractivity contribution is 5.76. The van der Waals surface area contributed by atoms with Gasteiger partial charge in [-0.1, -0.05) is 371 Å². The Morgan fingerprint density at radius 1 is 0.294 bits per heavy atom. The smallest absolute Gasteiger partial charge is 0.220 e. The molecular formula is C81H137NO3. The zero-order valence-corrected chi connectivity index (χ0v) is 55.8. The third-order valence-electron chi connectivity index (χ3n) is 15.8. The van der Waals surface area contributed by atoms with Crippen LogP contribution in [0.15, 0.2) is 158 Å². The van der Waals surface area contributed by atoms with Crippen LogP contribution >= 0.6 is 0 Å². The number of aliphatic hydroxyl groups excluding tert-OH is 2. The van der Waals surface area contributed by atoms with Crippen molar-refractivity contribution in [1.82, 2.24) is 5.32 Å². The van der Waals surface area contributed by atoms with Crippen LogP contribution < -0.4 is 5.32 Å². The van der Waals surface area contributed by atoms with Gasteiger partial charge in [0, 0.05) is 6.42 Å². The lowest BCUT2D eigenvalue weighted by Gasteiger charge is -2.20. The highest BCUT2D eigenvalue weighted by Crippen LogP contribution is 2.18. The molecule has 0 aromatic carbocycles. The Morgan fingerprint density at radius 2 is 0.518 bits per heavy atom. The SMILES string of the molecule is CC/C=C\C/C=C\C/C=C\C/C=C\C/C=C\C/C=C\C/C=C\C/C=C\C/C=C\C/C=C\C/C=C\C/C=C\CCCCCCC(=O)NC(CO)C(O)/C=C/CCCCCCCCCCCCCCCCCCCCCCCCCCCCCCCC. The summed E-state index contributed by atoms with van der Waals surface area (Å²) >= 11 is 0. The molecule has 0 aliphatic heterocycles. The Hall–Kier alpha value is -3.99. The third kappa shape index (κ3) is 70.7. The van der Waals surface area contributed by atoms with Crippen LogP contribution in [0.4, 0.5) is 0 Å². The molecule has 1 amide bonds. The van der Waals surface area contributed by atoms with E-state index in [0.717, 1.165) is 122 Å². The maximum absolute atomic E-state index is 12.5. The summed E-state index contributed by atoms with van der Waals surface area (Å²) in [5, 5.41) is 23.3. The first-order chi connectivity index (χ1) is 42.2. The van der Waals surface area contributed by atoms with E-state index >= 15 is 0 Å². The first-order valence-corrected chi connectivity index (χ1v) is 36.2. The second-order valence-electron chi connectivity index (χ2n) is 23.9. The molecule has 4 nitrogen and oxygen atoms in total. The van der Waals surface area contributed by atoms with Gasteiger partial charge in [0.05, 0.1) is 18.8 Å². The van der Waals surface area contributed by atoms with Gasteiger partial charge in [-0.05, 0) is 109 Å². The number of hydrogen-bond acceptors (Lipinski definition) is 3. The van der Waals surface area contributed by atoms with Gasteiger partial charge in [-0.3, -0.25) is 4.79 Å². The molecule has 0 aliphatic carbocycles. The Balaban J connectivity index is 3.62. The van der Waals surface area contributed by atoms with Crippen LogP contribution in [-0.2, 0) is 4.79 Å². The topological polar surface area (TPSA) is 69.6 Å². The van der Waals surface area contributed by atoms with Gasteiger partial charge in [-0.2, -0.15) is 0 Å². The van der Waals surface area contributed by atoms with E-state index in [4.69, 9.17) is 0 Å². The monoisotopic (exact) mass is 1170 g/mol. The van der Waals surface area contributed by atoms with Gasteiger partial charge in [0.1, 0.15) is 0 Å². The molecule has 0 fully saturated rings. The van der Waals surface area contributed by atoms with Crippen molar-refractivity contribution in [2.45, 2.75) is 341 Å². The number of amides is 1. The molecule has 85 heavy (non-hydrogen) atoms. The lowest BCUT2D eigenvalue weighted by Crippen LogP contribution is -2.45. The summed E-state index contributed by atoms with van der Waals surface area (Å²) in [6, 6.07) is -0.650. The van der Waals surface area contributed by atoms with E-state index in [1.807, 2.05) is 6.08 Å². The molecule has 0 aliphatic rings. The summed E-state index contributed by atoms with van der Waals surface area (Å²) < 4.78 is 0. The molecular weight excluding hydrogens is 1030 g/mol. The summed E-state index contributed by atoms with van der Waals surface area (Å²) in [4.78, 5) is 12.5. The lowest BCUT2D eigenvalue weighted by molar-refractivity contribution is -0.123. The molecule has 4 heteroatoms. The van der Waals surface area contributed by atoms with Crippen molar-refractivity contribution in [2.75, 3.05) is 6.61 Å². The van der Waals surface area contributed by atoms with Gasteiger partial charge in [0.15, 0.2) is 0 Å². The molecule has 0 aromatic heterocycles. The van der Waals surface area contributed by atoms with E-state index in [9.17, 15) is 15.0 Å². The van der Waals surface area contributed by atoms with Crippen molar-refractivity contribution >= 4 is 5.91 Å². The van der Waals surface area contributed by atoms with Crippen molar-refractivity contribution in [3.63, 3.8) is 0 Å². The summed E-state index contributed by atoms with van der Waals surface area (Å²) in [7, 11) is 0. The maximum Gasteiger partial charge on any atom is 0.220 e. The second-order valence-corrected chi connectivity index (χ2v) is 23.9. The predicted octanol–water partition coefficient (Wildman–Crippen LogP) is 25.2. The average molecular weight is 1170 g/mol. The van der Waals surface area contributed by atoms with Crippen LogP contribution in [0.25, 0.3) is 0 Å². The maximum atomic E-state index is 12.5. The first-order valence-electron chi connectivity index (χ1n) is 36.2. The van der Waals surface area contributed by atoms with E-state index in [1.54, 1.807) is 6.08 Å². The van der Waals surface area contributed by atoms with Gasteiger partial charge in [0.25, 0.3) is 0 Å². The standard InChI is InChI=1S/C81H137NO3/c1-3-5-7-9-11-13-15-17-19-21-23-25-27-29-31-33-35-37-38-39-40-41-42-43-44-45-47-49-51-53-55-57-59-61-63-65-67-69-71-73-75-77-81(85)82-79(78-83)80(84)76-74-72-70-68-66-64-62-60-58-56-54-52-50-48-46-36-34-32-30-28-26-24-22-20-18-16-14-12-10-8-6-4-2/h5,7,11,13,17,19,23,25,29,31,35,37,39-40,42-43,45,47,51,53,57,59,63,65,74,76,79-80,83-84H,3-4,6,8-10,12,14-16,18,20-22,24,26-28,30,32-34,36,38,41,44,46,48-50,52,54-56,58,60-62,64,66-73,75,77-78H2,1-2H3,(H,82,85)/b7-5-,13-11-,19-17-,25-23-,31-29-,37-35-,40-39-,43-42-,47-45-,53-51-,59-57-,65-63-,76-74+. The third-order valence-corrected chi connectivity index (χ3v) is 15.8. The normalized spacial score (nSPS) is 13.7. The molecule has 0 rings (SSSR count). The molecule has 0 saturated carbocycles. The fourth-order valence-corrected chi connectivity index (χ4v) is 10.3. The number of rotatable bonds is 65. The number of hydrogen-bond donors (Lipinski definition) is 3. The van der Waals surface area contributed by atoms with E-state index in [1.165, 1.54) is 186 Å². The minimum atomic E-state index is -0.864. The van der Waals surface area contributed by atoms with Crippen LogP contribution in [0.2, 0.25) is 0 Å². The summed E-state index contributed by atoms with van der Waals surface area (Å²) in [6.07, 6.45) is 118. The average Bonchev–Trinajstić information content (AvgIpc) is 3.51. The largest absolute Gasteiger partial charge is 0.394 e. The number of carbonyl (C=O) groups is 1. The summed E-state index contributed by atoms with van der Waals surface area (Å²) in [5.74, 6) is -0.0910. The number of allylic oxidation sites excluding steroid dienone is 25. The van der Waals surface area contributed by atoms with Crippen LogP contribution in [0.3, 0.4) is 0 Å². The highest BCUT2D eigenvalue weighted by atomic mass is 16.3. The zero-order valence-electron chi connectivity index (χ0n) is 55.8. The van der Waals surface area contributed by atoms with E-state index in [0.29, 0.717) is 6.42 Å². The van der Waals surface area contributed by atoms with Gasteiger partial charge in [-0.25, -0.2) is 0 Å². The van der Waals surface area contributed by atoms with Gasteiger partial charge in [0.2, 0.25) is 5.91 Å². The Labute approximate surface area is 528 Å². The Bertz CT molecular complexity index is 1760. The van der Waals surface area contributed by atoms with Crippen molar-refractivity contribution in [3.8, 4) is 0 Å². The predicted molar refractivity (Wildman–Crippen MR) is 381 cm³/mol. The van der Waals surface area contributed by atoms with Crippen LogP contribution in [0.5, 0.6) is 0 Å². The van der Waals surface area contributed by atoms with Crippen LogP contribution in [-0.4, -0.2) is 34.9 Å². The fraction of sp³-hybridized carbons (Fsp3) is 0.667. The van der Waals surface area contributed by atoms with E-state index in [-0.39, 0.29) is 12.5 Å². The Kier molecular flexibility index (Phi) is 70.8. The van der Waals surface area contributed by atoms with Gasteiger partial charge >= 0.3 is 0 Å². The van der Waals surface area contributed by atoms with Crippen molar-refractivity contribution < 1.29 is 15.0 Å². The van der Waals surface area contributed by atoms with Crippen LogP contribution in [0, 0.1) is 0 Å². The second kappa shape index (κ2) is 74.3. The van der Waals surface area contributed by atoms with Gasteiger partial charge in [-0.15, -0.1) is 0 Å². The number of nitrogens with one attached hydrogen (secondary N) is 1. The van der Waals surface area contributed by atoms with E-state index < -0.39 is 12.1 Å². The van der Waals surface area contributed by atoms with Gasteiger partial charge < -0.3 is 15.5 Å². The minimum Gasteiger partial charge on any atom is -0.394 e. The van der Waals surface area contributed by atoms with E-state index in [2.05, 4.69) is 165 Å². The molecule has 0 heterocycles. The lowest BCUT2D eigenvalue weighted by atomic mass is 10.0. The van der Waals surface area contributed by atoms with Crippen molar-refractivity contribution in [1.29, 1.82) is 0 Å². The molecule has 2 atom stereocenters. The highest BCUT2D eigenvalue weighted by Gasteiger charge is 2.18. The fourth-order valence-electron chi connectivity index (χ4n) is 10.3. The quantitative estimate of drug-likeness (QED) is 0.0420. The van der Waals surface area contributed by atoms with Crippen molar-refractivity contribution in [3.05, 3.63) is 158 Å². The number of unbranched alkanes of at least 4 members (excludes halogenated alkanes) is 34. The first kappa shape index (κ1) is 81.0. The molecule has 0 saturated heterocycles. The molecule has 3 N–H and O–H groups in total. The number of aliphatic hydroxyl groups is 2. The summed E-state index contributed by atoms with van der Waals surface area (Å²) in [6.45, 7) is 4.20. The van der Waals surface area contributed by atoms with Crippen molar-refractivity contribution in [2.24, 2.45) is 0 Å². The number of carbonyl (C=O) groups excluding carboxylic acids is 1. The molecule has 0 spiro atoms. The molecule has 0 aromatic rings. The zero-order chi connectivity index (χ0) is 61.2.